The second-order valence-electron chi connectivity index (χ2n) is 6.76. The highest BCUT2D eigenvalue weighted by molar-refractivity contribution is 7.99. The molecule has 3 nitrogen and oxygen atoms in total. The summed E-state index contributed by atoms with van der Waals surface area (Å²) >= 11 is 13.9. The summed E-state index contributed by atoms with van der Waals surface area (Å²) in [7, 11) is 0. The fourth-order valence-corrected chi connectivity index (χ4v) is 4.56. The van der Waals surface area contributed by atoms with E-state index < -0.39 is 0 Å². The van der Waals surface area contributed by atoms with Crippen molar-refractivity contribution in [3.63, 3.8) is 0 Å². The van der Waals surface area contributed by atoms with Crippen molar-refractivity contribution < 1.29 is 0 Å². The zero-order valence-corrected chi connectivity index (χ0v) is 18.0. The number of nitrogens with one attached hydrogen (secondary N) is 1. The summed E-state index contributed by atoms with van der Waals surface area (Å²) in [5, 5.41) is 7.74. The van der Waals surface area contributed by atoms with Crippen LogP contribution in [0.3, 0.4) is 0 Å². The van der Waals surface area contributed by atoms with Crippen molar-refractivity contribution in [1.82, 2.24) is 9.97 Å². The van der Waals surface area contributed by atoms with E-state index in [9.17, 15) is 0 Å². The van der Waals surface area contributed by atoms with Crippen molar-refractivity contribution in [2.45, 2.75) is 9.92 Å². The predicted molar refractivity (Wildman–Crippen MR) is 127 cm³/mol. The Kier molecular flexibility index (Phi) is 5.21. The van der Waals surface area contributed by atoms with Gasteiger partial charge in [-0.2, -0.15) is 0 Å². The van der Waals surface area contributed by atoms with Crippen molar-refractivity contribution >= 4 is 68.3 Å². The lowest BCUT2D eigenvalue weighted by Crippen LogP contribution is -1.99. The molecule has 1 N–H and O–H groups in total. The fourth-order valence-electron chi connectivity index (χ4n) is 3.22. The van der Waals surface area contributed by atoms with E-state index in [2.05, 4.69) is 29.6 Å². The van der Waals surface area contributed by atoms with Crippen LogP contribution in [-0.4, -0.2) is 9.97 Å². The van der Waals surface area contributed by atoms with Gasteiger partial charge < -0.3 is 5.32 Å². The van der Waals surface area contributed by atoms with Crippen LogP contribution in [0.2, 0.25) is 10.0 Å². The van der Waals surface area contributed by atoms with E-state index in [-0.39, 0.29) is 0 Å². The first-order valence-corrected chi connectivity index (χ1v) is 10.9. The van der Waals surface area contributed by atoms with Gasteiger partial charge in [-0.1, -0.05) is 71.4 Å². The van der Waals surface area contributed by atoms with Crippen molar-refractivity contribution in [3.8, 4) is 0 Å². The largest absolute Gasteiger partial charge is 0.338 e. The lowest BCUT2D eigenvalue weighted by atomic mass is 10.1. The molecule has 0 radical (unpaired) electrons. The molecule has 1 aromatic heterocycles. The molecule has 0 amide bonds. The molecule has 0 unspecified atom stereocenters. The number of fused-ring (bicyclic) bond motifs is 2. The van der Waals surface area contributed by atoms with Crippen molar-refractivity contribution in [3.05, 3.63) is 95.0 Å². The van der Waals surface area contributed by atoms with Crippen molar-refractivity contribution in [2.24, 2.45) is 0 Å². The van der Waals surface area contributed by atoms with Crippen molar-refractivity contribution in [1.29, 1.82) is 0 Å². The van der Waals surface area contributed by atoms with Crippen LogP contribution < -0.4 is 5.32 Å². The Labute approximate surface area is 188 Å². The van der Waals surface area contributed by atoms with Crippen LogP contribution in [0.15, 0.2) is 94.9 Å². The van der Waals surface area contributed by atoms with Gasteiger partial charge in [0.15, 0.2) is 5.82 Å². The summed E-state index contributed by atoms with van der Waals surface area (Å²) in [6.07, 6.45) is 0. The highest BCUT2D eigenvalue weighted by atomic mass is 35.5. The quantitative estimate of drug-likeness (QED) is 0.283. The Hall–Kier alpha value is -2.79. The van der Waals surface area contributed by atoms with Gasteiger partial charge in [0.1, 0.15) is 5.03 Å². The van der Waals surface area contributed by atoms with Gasteiger partial charge in [-0.15, -0.1) is 0 Å². The smallest absolute Gasteiger partial charge is 0.164 e. The van der Waals surface area contributed by atoms with E-state index in [1.165, 1.54) is 11.8 Å². The minimum absolute atomic E-state index is 0.656. The standard InChI is InChI=1S/C24H15Cl2N3S/c25-17-7-3-9-19(13-17)27-23-24(30-20-10-4-8-18(26)14-20)29-22-12-16-6-2-1-5-15(16)11-21(22)28-23/h1-14H,(H,27,28). The summed E-state index contributed by atoms with van der Waals surface area (Å²) in [5.74, 6) is 0.671. The second-order valence-corrected chi connectivity index (χ2v) is 8.70. The monoisotopic (exact) mass is 447 g/mol. The van der Waals surface area contributed by atoms with Crippen LogP contribution in [0.25, 0.3) is 21.8 Å². The van der Waals surface area contributed by atoms with E-state index in [1.807, 2.05) is 60.7 Å². The molecule has 5 aromatic rings. The third-order valence-electron chi connectivity index (χ3n) is 4.60. The number of nitrogens with zero attached hydrogens (tertiary/aromatic N) is 2. The molecule has 0 spiro atoms. The summed E-state index contributed by atoms with van der Waals surface area (Å²) in [5.41, 5.74) is 2.52. The van der Waals surface area contributed by atoms with Gasteiger partial charge in [0.05, 0.1) is 11.0 Å². The topological polar surface area (TPSA) is 37.8 Å². The number of rotatable bonds is 4. The number of hydrogen-bond acceptors (Lipinski definition) is 4. The Balaban J connectivity index is 1.65. The maximum Gasteiger partial charge on any atom is 0.164 e. The summed E-state index contributed by atoms with van der Waals surface area (Å²) in [6.45, 7) is 0. The first-order valence-electron chi connectivity index (χ1n) is 9.31. The SMILES string of the molecule is Clc1cccc(Nc2nc3cc4ccccc4cc3nc2Sc2cccc(Cl)c2)c1. The van der Waals surface area contributed by atoms with E-state index in [0.29, 0.717) is 15.9 Å². The highest BCUT2D eigenvalue weighted by Gasteiger charge is 2.13. The van der Waals surface area contributed by atoms with Gasteiger partial charge in [-0.3, -0.25) is 0 Å². The number of halogens is 2. The molecule has 0 aliphatic rings. The summed E-state index contributed by atoms with van der Waals surface area (Å²) < 4.78 is 0. The molecule has 0 atom stereocenters. The van der Waals surface area contributed by atoms with Gasteiger partial charge in [0, 0.05) is 20.6 Å². The molecule has 5 rings (SSSR count). The van der Waals surface area contributed by atoms with E-state index in [0.717, 1.165) is 37.4 Å². The predicted octanol–water partition coefficient (Wildman–Crippen LogP) is 7.98. The van der Waals surface area contributed by atoms with Crippen molar-refractivity contribution in [2.75, 3.05) is 5.32 Å². The zero-order valence-electron chi connectivity index (χ0n) is 15.6. The molecule has 146 valence electrons. The van der Waals surface area contributed by atoms with Gasteiger partial charge in [0.25, 0.3) is 0 Å². The van der Waals surface area contributed by atoms with Crippen LogP contribution in [0, 0.1) is 0 Å². The maximum absolute atomic E-state index is 6.18. The zero-order chi connectivity index (χ0) is 20.5. The van der Waals surface area contributed by atoms with E-state index in [1.54, 1.807) is 0 Å². The summed E-state index contributed by atoms with van der Waals surface area (Å²) in [4.78, 5) is 10.8. The molecular weight excluding hydrogens is 433 g/mol. The first kappa shape index (κ1) is 19.2. The molecule has 0 aliphatic heterocycles. The van der Waals surface area contributed by atoms with Crippen LogP contribution in [0.1, 0.15) is 0 Å². The third-order valence-corrected chi connectivity index (χ3v) is 6.04. The van der Waals surface area contributed by atoms with E-state index >= 15 is 0 Å². The van der Waals surface area contributed by atoms with Crippen LogP contribution in [-0.2, 0) is 0 Å². The Morgan fingerprint density at radius 2 is 1.33 bits per heavy atom. The second kappa shape index (κ2) is 8.15. The number of benzene rings is 4. The molecule has 0 saturated carbocycles. The molecule has 0 aliphatic carbocycles. The number of aromatic nitrogens is 2. The molecular formula is C24H15Cl2N3S. The molecule has 1 heterocycles. The minimum Gasteiger partial charge on any atom is -0.338 e. The highest BCUT2D eigenvalue weighted by Crippen LogP contribution is 2.35. The fraction of sp³-hybridized carbons (Fsp3) is 0. The average Bonchev–Trinajstić information content (AvgIpc) is 2.73. The Morgan fingerprint density at radius 1 is 0.667 bits per heavy atom. The molecule has 0 fully saturated rings. The van der Waals surface area contributed by atoms with Gasteiger partial charge in [-0.25, -0.2) is 9.97 Å². The minimum atomic E-state index is 0.656. The number of hydrogen-bond donors (Lipinski definition) is 1. The number of anilines is 2. The average molecular weight is 448 g/mol. The Morgan fingerprint density at radius 3 is 2.03 bits per heavy atom. The van der Waals surface area contributed by atoms with Gasteiger partial charge >= 0.3 is 0 Å². The normalized spacial score (nSPS) is 11.1. The molecule has 0 bridgehead atoms. The van der Waals surface area contributed by atoms with Crippen LogP contribution >= 0.6 is 35.0 Å². The molecule has 4 aromatic carbocycles. The summed E-state index contributed by atoms with van der Waals surface area (Å²) in [6, 6.07) is 27.6. The molecule has 0 saturated heterocycles. The first-order chi connectivity index (χ1) is 14.6. The van der Waals surface area contributed by atoms with Gasteiger partial charge in [0.2, 0.25) is 0 Å². The van der Waals surface area contributed by atoms with Crippen LogP contribution in [0.4, 0.5) is 11.5 Å². The molecule has 6 heteroatoms. The van der Waals surface area contributed by atoms with Gasteiger partial charge in [-0.05, 0) is 59.3 Å². The van der Waals surface area contributed by atoms with Crippen LogP contribution in [0.5, 0.6) is 0 Å². The lowest BCUT2D eigenvalue weighted by Gasteiger charge is -2.12. The third kappa shape index (κ3) is 4.08. The maximum atomic E-state index is 6.18. The van der Waals surface area contributed by atoms with E-state index in [4.69, 9.17) is 33.2 Å². The molecule has 30 heavy (non-hydrogen) atoms. The Bertz CT molecular complexity index is 1280. The lowest BCUT2D eigenvalue weighted by molar-refractivity contribution is 1.12.